The van der Waals surface area contributed by atoms with Gasteiger partial charge in [-0.2, -0.15) is 5.10 Å². The molecule has 0 radical (unpaired) electrons. The van der Waals surface area contributed by atoms with Crippen LogP contribution in [0.1, 0.15) is 24.6 Å². The molecule has 1 fully saturated rings. The van der Waals surface area contributed by atoms with E-state index >= 15 is 0 Å². The average molecular weight is 336 g/mol. The Hall–Kier alpha value is -0.400. The fourth-order valence-electron chi connectivity index (χ4n) is 2.57. The number of hydrogen-bond acceptors (Lipinski definition) is 4. The lowest BCUT2D eigenvalue weighted by Gasteiger charge is -2.20. The standard InChI is InChI=1S/C11H18BrN3O2S/c1-13-10(11-9(12)6-14-15(11)2)5-8-3-4-18(16,17)7-8/h6,8,10,13H,3-5,7H2,1-2H3. The van der Waals surface area contributed by atoms with Gasteiger partial charge in [0, 0.05) is 7.05 Å². The molecule has 2 atom stereocenters. The van der Waals surface area contributed by atoms with Crippen molar-refractivity contribution in [3.8, 4) is 0 Å². The highest BCUT2D eigenvalue weighted by Crippen LogP contribution is 2.31. The van der Waals surface area contributed by atoms with Crippen molar-refractivity contribution >= 4 is 25.8 Å². The Kier molecular flexibility index (Phi) is 4.13. The Bertz CT molecular complexity index is 507. The predicted octanol–water partition coefficient (Wildman–Crippen LogP) is 1.27. The zero-order valence-electron chi connectivity index (χ0n) is 10.6. The normalized spacial score (nSPS) is 24.3. The first kappa shape index (κ1) is 14.0. The average Bonchev–Trinajstić information content (AvgIpc) is 2.80. The van der Waals surface area contributed by atoms with Gasteiger partial charge in [0.1, 0.15) is 0 Å². The van der Waals surface area contributed by atoms with Crippen LogP contribution in [0, 0.1) is 5.92 Å². The molecular formula is C11H18BrN3O2S. The van der Waals surface area contributed by atoms with E-state index in [1.807, 2.05) is 18.8 Å². The maximum Gasteiger partial charge on any atom is 0.150 e. The van der Waals surface area contributed by atoms with Gasteiger partial charge >= 0.3 is 0 Å². The number of nitrogens with zero attached hydrogens (tertiary/aromatic N) is 2. The summed E-state index contributed by atoms with van der Waals surface area (Å²) in [6.45, 7) is 0. The van der Waals surface area contributed by atoms with Crippen LogP contribution in [0.3, 0.4) is 0 Å². The summed E-state index contributed by atoms with van der Waals surface area (Å²) in [5, 5.41) is 7.45. The van der Waals surface area contributed by atoms with E-state index < -0.39 is 9.84 Å². The SMILES string of the molecule is CNC(CC1CCS(=O)(=O)C1)c1c(Br)cnn1C. The molecule has 2 rings (SSSR count). The number of sulfone groups is 1. The highest BCUT2D eigenvalue weighted by Gasteiger charge is 2.31. The van der Waals surface area contributed by atoms with Crippen LogP contribution in [0.2, 0.25) is 0 Å². The summed E-state index contributed by atoms with van der Waals surface area (Å²) in [6, 6.07) is 0.130. The first-order valence-electron chi connectivity index (χ1n) is 5.98. The largest absolute Gasteiger partial charge is 0.312 e. The highest BCUT2D eigenvalue weighted by atomic mass is 79.9. The first-order chi connectivity index (χ1) is 8.43. The molecule has 1 aliphatic heterocycles. The number of halogens is 1. The number of aromatic nitrogens is 2. The van der Waals surface area contributed by atoms with Crippen LogP contribution in [0.5, 0.6) is 0 Å². The van der Waals surface area contributed by atoms with Gasteiger partial charge in [0.15, 0.2) is 9.84 Å². The molecule has 0 aliphatic carbocycles. The van der Waals surface area contributed by atoms with Crippen molar-refractivity contribution in [1.82, 2.24) is 15.1 Å². The van der Waals surface area contributed by atoms with Crippen LogP contribution >= 0.6 is 15.9 Å². The van der Waals surface area contributed by atoms with Crippen LogP contribution < -0.4 is 5.32 Å². The Labute approximate surface area is 116 Å². The third kappa shape index (κ3) is 2.95. The lowest BCUT2D eigenvalue weighted by atomic mass is 9.97. The first-order valence-corrected chi connectivity index (χ1v) is 8.59. The van der Waals surface area contributed by atoms with E-state index in [4.69, 9.17) is 0 Å². The van der Waals surface area contributed by atoms with Gasteiger partial charge in [-0.3, -0.25) is 4.68 Å². The maximum absolute atomic E-state index is 11.5. The predicted molar refractivity (Wildman–Crippen MR) is 74.1 cm³/mol. The molecule has 7 heteroatoms. The molecule has 1 aromatic heterocycles. The molecule has 0 bridgehead atoms. The van der Waals surface area contributed by atoms with Crippen LogP contribution in [-0.2, 0) is 16.9 Å². The minimum atomic E-state index is -2.80. The van der Waals surface area contributed by atoms with Crippen molar-refractivity contribution in [2.75, 3.05) is 18.6 Å². The van der Waals surface area contributed by atoms with Gasteiger partial charge in [-0.05, 0) is 41.7 Å². The van der Waals surface area contributed by atoms with Crippen molar-refractivity contribution in [3.63, 3.8) is 0 Å². The molecule has 1 N–H and O–H groups in total. The molecule has 0 spiro atoms. The Morgan fingerprint density at radius 2 is 2.39 bits per heavy atom. The topological polar surface area (TPSA) is 64.0 Å². The van der Waals surface area contributed by atoms with Gasteiger partial charge in [-0.1, -0.05) is 0 Å². The van der Waals surface area contributed by atoms with Gasteiger partial charge in [-0.25, -0.2) is 8.42 Å². The molecule has 0 amide bonds. The molecular weight excluding hydrogens is 318 g/mol. The van der Waals surface area contributed by atoms with E-state index in [1.54, 1.807) is 6.20 Å². The lowest BCUT2D eigenvalue weighted by molar-refractivity contribution is 0.417. The summed E-state index contributed by atoms with van der Waals surface area (Å²) in [7, 11) is 0.995. The monoisotopic (exact) mass is 335 g/mol. The van der Waals surface area contributed by atoms with E-state index in [0.29, 0.717) is 11.5 Å². The Morgan fingerprint density at radius 1 is 1.67 bits per heavy atom. The number of hydrogen-bond donors (Lipinski definition) is 1. The van der Waals surface area contributed by atoms with Crippen LogP contribution in [0.4, 0.5) is 0 Å². The smallest absolute Gasteiger partial charge is 0.150 e. The zero-order chi connectivity index (χ0) is 13.3. The van der Waals surface area contributed by atoms with Gasteiger partial charge in [-0.15, -0.1) is 0 Å². The van der Waals surface area contributed by atoms with Crippen molar-refractivity contribution in [2.24, 2.45) is 13.0 Å². The summed E-state index contributed by atoms with van der Waals surface area (Å²) in [5.74, 6) is 0.899. The molecule has 1 aromatic rings. The summed E-state index contributed by atoms with van der Waals surface area (Å²) in [5.41, 5.74) is 1.07. The van der Waals surface area contributed by atoms with Crippen molar-refractivity contribution in [2.45, 2.75) is 18.9 Å². The summed E-state index contributed by atoms with van der Waals surface area (Å²) < 4.78 is 25.8. The third-order valence-electron chi connectivity index (χ3n) is 3.51. The Balaban J connectivity index is 2.12. The van der Waals surface area contributed by atoms with E-state index in [9.17, 15) is 8.42 Å². The molecule has 1 aliphatic rings. The van der Waals surface area contributed by atoms with E-state index in [0.717, 1.165) is 23.0 Å². The van der Waals surface area contributed by atoms with Crippen LogP contribution in [-0.4, -0.2) is 36.8 Å². The lowest BCUT2D eigenvalue weighted by Crippen LogP contribution is -2.23. The van der Waals surface area contributed by atoms with Gasteiger partial charge < -0.3 is 5.32 Å². The second kappa shape index (κ2) is 5.30. The van der Waals surface area contributed by atoms with Crippen molar-refractivity contribution in [1.29, 1.82) is 0 Å². The molecule has 2 heterocycles. The van der Waals surface area contributed by atoms with Crippen molar-refractivity contribution < 1.29 is 8.42 Å². The fourth-order valence-corrected chi connectivity index (χ4v) is 5.07. The quantitative estimate of drug-likeness (QED) is 0.899. The number of rotatable bonds is 4. The third-order valence-corrected chi connectivity index (χ3v) is 5.96. The minimum Gasteiger partial charge on any atom is -0.312 e. The summed E-state index contributed by atoms with van der Waals surface area (Å²) >= 11 is 3.49. The van der Waals surface area contributed by atoms with E-state index in [2.05, 4.69) is 26.3 Å². The molecule has 2 unspecified atom stereocenters. The molecule has 5 nitrogen and oxygen atoms in total. The zero-order valence-corrected chi connectivity index (χ0v) is 13.0. The fraction of sp³-hybridized carbons (Fsp3) is 0.727. The van der Waals surface area contributed by atoms with Crippen LogP contribution in [0.25, 0.3) is 0 Å². The van der Waals surface area contributed by atoms with Gasteiger partial charge in [0.2, 0.25) is 0 Å². The summed E-state index contributed by atoms with van der Waals surface area (Å²) in [6.07, 6.45) is 3.37. The number of aryl methyl sites for hydroxylation is 1. The molecule has 18 heavy (non-hydrogen) atoms. The Morgan fingerprint density at radius 3 is 2.83 bits per heavy atom. The maximum atomic E-state index is 11.5. The number of nitrogens with one attached hydrogen (secondary N) is 1. The molecule has 0 aromatic carbocycles. The molecule has 102 valence electrons. The summed E-state index contributed by atoms with van der Waals surface area (Å²) in [4.78, 5) is 0. The molecule has 1 saturated heterocycles. The minimum absolute atomic E-state index is 0.130. The van der Waals surface area contributed by atoms with E-state index in [-0.39, 0.29) is 12.0 Å². The van der Waals surface area contributed by atoms with Crippen LogP contribution in [0.15, 0.2) is 10.7 Å². The molecule has 0 saturated carbocycles. The van der Waals surface area contributed by atoms with Crippen molar-refractivity contribution in [3.05, 3.63) is 16.4 Å². The second-order valence-corrected chi connectivity index (χ2v) is 7.93. The highest BCUT2D eigenvalue weighted by molar-refractivity contribution is 9.10. The van der Waals surface area contributed by atoms with Gasteiger partial charge in [0.25, 0.3) is 0 Å². The van der Waals surface area contributed by atoms with Gasteiger partial charge in [0.05, 0.1) is 33.9 Å². The second-order valence-electron chi connectivity index (χ2n) is 4.85. The van der Waals surface area contributed by atoms with E-state index in [1.165, 1.54) is 0 Å².